The van der Waals surface area contributed by atoms with E-state index in [1.165, 1.54) is 12.1 Å². The van der Waals surface area contributed by atoms with E-state index in [0.29, 0.717) is 17.1 Å². The van der Waals surface area contributed by atoms with Crippen LogP contribution in [0.1, 0.15) is 6.92 Å². The molecule has 2 aromatic heterocycles. The van der Waals surface area contributed by atoms with Gasteiger partial charge in [-0.25, -0.2) is 9.13 Å². The fourth-order valence-corrected chi connectivity index (χ4v) is 5.80. The van der Waals surface area contributed by atoms with Crippen molar-refractivity contribution in [3.05, 3.63) is 150 Å². The molecule has 10 nitrogen and oxygen atoms in total. The van der Waals surface area contributed by atoms with Gasteiger partial charge in [0.1, 0.15) is 0 Å². The molecular weight excluding hydrogens is 568 g/mol. The minimum Gasteiger partial charge on any atom is -0.399 e. The number of fused-ring (bicyclic) bond motifs is 2. The summed E-state index contributed by atoms with van der Waals surface area (Å²) in [4.78, 5) is 53.8. The van der Waals surface area contributed by atoms with Gasteiger partial charge in [0.25, 0.3) is 22.2 Å². The second kappa shape index (κ2) is 10.5. The summed E-state index contributed by atoms with van der Waals surface area (Å²) in [6.07, 6.45) is 5.83. The van der Waals surface area contributed by atoms with Crippen molar-refractivity contribution in [3.63, 3.8) is 0 Å². The first-order valence-corrected chi connectivity index (χ1v) is 14.4. The average molecular weight is 597 g/mol. The maximum atomic E-state index is 13.5. The summed E-state index contributed by atoms with van der Waals surface area (Å²) in [5, 5.41) is 6.97. The summed E-state index contributed by atoms with van der Waals surface area (Å²) in [5.41, 5.74) is 13.9. The highest BCUT2D eigenvalue weighted by molar-refractivity contribution is 5.98. The van der Waals surface area contributed by atoms with Crippen LogP contribution in [0.15, 0.2) is 128 Å². The summed E-state index contributed by atoms with van der Waals surface area (Å²) in [6, 6.07) is 23.8. The zero-order valence-corrected chi connectivity index (χ0v) is 24.2. The summed E-state index contributed by atoms with van der Waals surface area (Å²) in [6.45, 7) is 2.06. The number of nitrogens with one attached hydrogen (secondary N) is 2. The highest BCUT2D eigenvalue weighted by atomic mass is 16.2. The molecule has 6 N–H and O–H groups in total. The number of hydrogen-bond donors (Lipinski definition) is 4. The van der Waals surface area contributed by atoms with Gasteiger partial charge in [0.05, 0.1) is 39.0 Å². The van der Waals surface area contributed by atoms with Crippen LogP contribution < -0.4 is 44.3 Å². The fraction of sp³-hybridized carbons (Fsp3) is 0.0857. The van der Waals surface area contributed by atoms with E-state index in [1.54, 1.807) is 60.7 Å². The van der Waals surface area contributed by atoms with Gasteiger partial charge in [-0.15, -0.1) is 0 Å². The van der Waals surface area contributed by atoms with Crippen molar-refractivity contribution < 1.29 is 0 Å². The molecule has 0 radical (unpaired) electrons. The third kappa shape index (κ3) is 4.78. The van der Waals surface area contributed by atoms with Gasteiger partial charge in [0.15, 0.2) is 0 Å². The maximum absolute atomic E-state index is 13.5. The predicted molar refractivity (Wildman–Crippen MR) is 180 cm³/mol. The van der Waals surface area contributed by atoms with Crippen LogP contribution in [-0.4, -0.2) is 15.2 Å². The SMILES string of the molecule is CC1C=C(N)C=CC1Nc1ccc(-n2c(=O)c3cc4c(=O)n(-c5ccc(Nc6ccc(N)cc6)cc5)c(=O)c4cc3c2=O)cc1. The lowest BCUT2D eigenvalue weighted by Crippen LogP contribution is -2.27. The Kier molecular flexibility index (Phi) is 6.47. The first-order valence-electron chi connectivity index (χ1n) is 14.4. The van der Waals surface area contributed by atoms with Crippen molar-refractivity contribution in [3.8, 4) is 11.4 Å². The number of hydrogen-bond acceptors (Lipinski definition) is 8. The van der Waals surface area contributed by atoms with Gasteiger partial charge in [-0.1, -0.05) is 19.1 Å². The molecule has 7 rings (SSSR count). The number of rotatable bonds is 6. The first-order chi connectivity index (χ1) is 21.7. The van der Waals surface area contributed by atoms with Gasteiger partial charge in [-0.2, -0.15) is 0 Å². The van der Waals surface area contributed by atoms with Crippen molar-refractivity contribution in [2.24, 2.45) is 11.7 Å². The Labute approximate surface area is 255 Å². The molecule has 0 spiro atoms. The zero-order valence-electron chi connectivity index (χ0n) is 24.2. The van der Waals surface area contributed by atoms with E-state index in [4.69, 9.17) is 11.5 Å². The molecule has 1 aliphatic carbocycles. The number of nitrogen functional groups attached to an aromatic ring is 1. The second-order valence-corrected chi connectivity index (χ2v) is 11.2. The molecule has 4 aromatic carbocycles. The van der Waals surface area contributed by atoms with E-state index in [0.717, 1.165) is 31.9 Å². The van der Waals surface area contributed by atoms with Crippen LogP contribution in [0.25, 0.3) is 32.9 Å². The van der Waals surface area contributed by atoms with Gasteiger partial charge in [-0.05, 0) is 91.0 Å². The molecule has 0 aliphatic heterocycles. The third-order valence-corrected chi connectivity index (χ3v) is 8.19. The number of nitrogens with two attached hydrogens (primary N) is 2. The molecule has 2 atom stereocenters. The lowest BCUT2D eigenvalue weighted by molar-refractivity contribution is 0.653. The molecule has 222 valence electrons. The first kappa shape index (κ1) is 27.7. The van der Waals surface area contributed by atoms with Crippen molar-refractivity contribution in [1.82, 2.24) is 9.13 Å². The van der Waals surface area contributed by atoms with Crippen LogP contribution in [0, 0.1) is 5.92 Å². The normalized spacial score (nSPS) is 16.2. The topological polar surface area (TPSA) is 154 Å². The molecule has 0 fully saturated rings. The van der Waals surface area contributed by atoms with Gasteiger partial charge in [-0.3, -0.25) is 19.2 Å². The van der Waals surface area contributed by atoms with Crippen molar-refractivity contribution in [2.75, 3.05) is 16.4 Å². The average Bonchev–Trinajstić information content (AvgIpc) is 3.43. The number of anilines is 4. The highest BCUT2D eigenvalue weighted by Gasteiger charge is 2.21. The molecule has 0 saturated carbocycles. The highest BCUT2D eigenvalue weighted by Crippen LogP contribution is 2.23. The molecule has 0 saturated heterocycles. The van der Waals surface area contributed by atoms with Gasteiger partial charge < -0.3 is 22.1 Å². The molecule has 0 amide bonds. The standard InChI is InChI=1S/C35H28N6O4/c1-19-16-21(37)4-15-31(19)39-24-9-13-26(14-10-24)41-34(44)29-17-27-28(18-30(29)35(41)45)33(43)40(32(27)42)25-11-7-23(8-12-25)38-22-5-2-20(36)3-6-22/h2-19,31,38-39H,36-37H2,1H3. The summed E-state index contributed by atoms with van der Waals surface area (Å²) in [7, 11) is 0. The van der Waals surface area contributed by atoms with Crippen molar-refractivity contribution >= 4 is 44.3 Å². The Morgan fingerprint density at radius 1 is 0.600 bits per heavy atom. The summed E-state index contributed by atoms with van der Waals surface area (Å²) in [5.74, 6) is 0.186. The summed E-state index contributed by atoms with van der Waals surface area (Å²) >= 11 is 0. The zero-order chi connectivity index (χ0) is 31.4. The smallest absolute Gasteiger partial charge is 0.266 e. The van der Waals surface area contributed by atoms with E-state index in [-0.39, 0.29) is 33.5 Å². The third-order valence-electron chi connectivity index (χ3n) is 8.19. The van der Waals surface area contributed by atoms with Crippen molar-refractivity contribution in [1.29, 1.82) is 0 Å². The Morgan fingerprint density at radius 2 is 1.02 bits per heavy atom. The second-order valence-electron chi connectivity index (χ2n) is 11.2. The monoisotopic (exact) mass is 596 g/mol. The van der Waals surface area contributed by atoms with Gasteiger partial charge in [0.2, 0.25) is 0 Å². The van der Waals surface area contributed by atoms with E-state index in [2.05, 4.69) is 17.6 Å². The van der Waals surface area contributed by atoms with Crippen LogP contribution >= 0.6 is 0 Å². The maximum Gasteiger partial charge on any atom is 0.266 e. The van der Waals surface area contributed by atoms with Crippen LogP contribution in [0.4, 0.5) is 22.7 Å². The molecule has 1 aliphatic rings. The molecule has 45 heavy (non-hydrogen) atoms. The number of benzene rings is 4. The molecule has 10 heteroatoms. The number of nitrogens with zero attached hydrogens (tertiary/aromatic N) is 2. The van der Waals surface area contributed by atoms with E-state index < -0.39 is 22.2 Å². The van der Waals surface area contributed by atoms with E-state index in [9.17, 15) is 19.2 Å². The van der Waals surface area contributed by atoms with Gasteiger partial charge >= 0.3 is 0 Å². The predicted octanol–water partition coefficient (Wildman–Crippen LogP) is 4.05. The Balaban J connectivity index is 1.21. The fourth-order valence-electron chi connectivity index (χ4n) is 5.80. The van der Waals surface area contributed by atoms with Crippen LogP contribution in [0.2, 0.25) is 0 Å². The van der Waals surface area contributed by atoms with E-state index >= 15 is 0 Å². The van der Waals surface area contributed by atoms with Crippen LogP contribution in [-0.2, 0) is 0 Å². The Morgan fingerprint density at radius 3 is 1.47 bits per heavy atom. The Hall–Kier alpha value is -6.16. The number of allylic oxidation sites excluding steroid dienone is 1. The van der Waals surface area contributed by atoms with Crippen LogP contribution in [0.5, 0.6) is 0 Å². The Bertz CT molecular complexity index is 2300. The lowest BCUT2D eigenvalue weighted by atomic mass is 9.95. The lowest BCUT2D eigenvalue weighted by Gasteiger charge is -2.24. The molecule has 2 unspecified atom stereocenters. The van der Waals surface area contributed by atoms with Crippen molar-refractivity contribution in [2.45, 2.75) is 13.0 Å². The minimum absolute atomic E-state index is 0.0451. The van der Waals surface area contributed by atoms with Gasteiger partial charge in [0, 0.05) is 34.4 Å². The largest absolute Gasteiger partial charge is 0.399 e. The minimum atomic E-state index is -0.561. The molecule has 0 bridgehead atoms. The summed E-state index contributed by atoms with van der Waals surface area (Å²) < 4.78 is 2.12. The molecular formula is C35H28N6O4. The quantitative estimate of drug-likeness (QED) is 0.210. The van der Waals surface area contributed by atoms with E-state index in [1.807, 2.05) is 30.4 Å². The molecule has 2 heterocycles. The molecule has 6 aromatic rings. The number of aromatic nitrogens is 2. The van der Waals surface area contributed by atoms with Crippen LogP contribution in [0.3, 0.4) is 0 Å².